The van der Waals surface area contributed by atoms with Gasteiger partial charge >= 0.3 is 6.03 Å². The van der Waals surface area contributed by atoms with Crippen molar-refractivity contribution in [1.82, 2.24) is 25.3 Å². The van der Waals surface area contributed by atoms with Crippen LogP contribution in [0.3, 0.4) is 0 Å². The number of aromatic amines is 1. The average Bonchev–Trinajstić information content (AvgIpc) is 3.24. The molecule has 2 N–H and O–H groups in total. The van der Waals surface area contributed by atoms with Crippen LogP contribution in [0, 0.1) is 13.8 Å². The van der Waals surface area contributed by atoms with E-state index in [0.29, 0.717) is 18.2 Å². The Morgan fingerprint density at radius 2 is 2.00 bits per heavy atom. The number of hydrogen-bond acceptors (Lipinski definition) is 6. The number of benzene rings is 1. The van der Waals surface area contributed by atoms with Gasteiger partial charge in [-0.05, 0) is 26.0 Å². The summed E-state index contributed by atoms with van der Waals surface area (Å²) in [7, 11) is 1.69. The smallest absolute Gasteiger partial charge is 0.322 e. The number of nitrogens with one attached hydrogen (secondary N) is 2. The maximum absolute atomic E-state index is 12.6. The molecule has 1 aromatic carbocycles. The SMILES string of the molecule is CCc1nnc(CN(C)C(=O)Nc2ccccc2Sc2c(C)n[nH]c2C)o1. The number of H-pyrrole nitrogens is 1. The van der Waals surface area contributed by atoms with Crippen molar-refractivity contribution >= 4 is 23.5 Å². The maximum Gasteiger partial charge on any atom is 0.322 e. The van der Waals surface area contributed by atoms with Crippen molar-refractivity contribution in [2.75, 3.05) is 12.4 Å². The number of para-hydroxylation sites is 1. The zero-order valence-electron chi connectivity index (χ0n) is 15.7. The number of aryl methyl sites for hydroxylation is 3. The number of aromatic nitrogens is 4. The zero-order valence-corrected chi connectivity index (χ0v) is 16.6. The van der Waals surface area contributed by atoms with Gasteiger partial charge < -0.3 is 14.6 Å². The molecular formula is C18H22N6O2S. The van der Waals surface area contributed by atoms with Crippen LogP contribution in [0.1, 0.15) is 30.1 Å². The normalized spacial score (nSPS) is 10.8. The lowest BCUT2D eigenvalue weighted by atomic mass is 10.3. The van der Waals surface area contributed by atoms with E-state index in [-0.39, 0.29) is 12.6 Å². The van der Waals surface area contributed by atoms with Gasteiger partial charge in [-0.3, -0.25) is 5.10 Å². The fourth-order valence-electron chi connectivity index (χ4n) is 2.44. The Labute approximate surface area is 161 Å². The number of amides is 2. The van der Waals surface area contributed by atoms with Gasteiger partial charge in [-0.2, -0.15) is 5.10 Å². The lowest BCUT2D eigenvalue weighted by Gasteiger charge is -2.17. The molecule has 2 heterocycles. The van der Waals surface area contributed by atoms with E-state index >= 15 is 0 Å². The minimum absolute atomic E-state index is 0.244. The number of anilines is 1. The van der Waals surface area contributed by atoms with Crippen LogP contribution in [-0.2, 0) is 13.0 Å². The number of hydrogen-bond donors (Lipinski definition) is 2. The second-order valence-electron chi connectivity index (χ2n) is 6.09. The van der Waals surface area contributed by atoms with Crippen LogP contribution in [-0.4, -0.2) is 38.4 Å². The lowest BCUT2D eigenvalue weighted by Crippen LogP contribution is -2.31. The van der Waals surface area contributed by atoms with Gasteiger partial charge in [-0.25, -0.2) is 4.79 Å². The lowest BCUT2D eigenvalue weighted by molar-refractivity contribution is 0.215. The average molecular weight is 386 g/mol. The Morgan fingerprint density at radius 1 is 1.26 bits per heavy atom. The largest absolute Gasteiger partial charge is 0.423 e. The van der Waals surface area contributed by atoms with Crippen LogP contribution >= 0.6 is 11.8 Å². The van der Waals surface area contributed by atoms with Gasteiger partial charge in [0.1, 0.15) is 6.54 Å². The molecule has 0 saturated heterocycles. The summed E-state index contributed by atoms with van der Waals surface area (Å²) in [5.41, 5.74) is 2.66. The second-order valence-corrected chi connectivity index (χ2v) is 7.14. The second kappa shape index (κ2) is 8.26. The summed E-state index contributed by atoms with van der Waals surface area (Å²) < 4.78 is 5.47. The minimum atomic E-state index is -0.250. The summed E-state index contributed by atoms with van der Waals surface area (Å²) in [6.07, 6.45) is 0.667. The zero-order chi connectivity index (χ0) is 19.4. The summed E-state index contributed by atoms with van der Waals surface area (Å²) in [5.74, 6) is 0.975. The summed E-state index contributed by atoms with van der Waals surface area (Å²) in [6.45, 7) is 6.11. The number of urea groups is 1. The summed E-state index contributed by atoms with van der Waals surface area (Å²) in [4.78, 5) is 16.1. The third-order valence-corrected chi connectivity index (χ3v) is 5.31. The summed E-state index contributed by atoms with van der Waals surface area (Å²) in [6, 6.07) is 7.43. The molecule has 0 aliphatic carbocycles. The maximum atomic E-state index is 12.6. The third-order valence-electron chi connectivity index (χ3n) is 3.93. The number of nitrogens with zero attached hydrogens (tertiary/aromatic N) is 4. The van der Waals surface area contributed by atoms with Crippen LogP contribution < -0.4 is 5.32 Å². The monoisotopic (exact) mass is 386 g/mol. The van der Waals surface area contributed by atoms with E-state index in [2.05, 4.69) is 25.7 Å². The van der Waals surface area contributed by atoms with E-state index in [4.69, 9.17) is 4.42 Å². The summed E-state index contributed by atoms with van der Waals surface area (Å²) in [5, 5.41) is 18.0. The first-order valence-electron chi connectivity index (χ1n) is 8.59. The van der Waals surface area contributed by atoms with E-state index in [0.717, 1.165) is 26.9 Å². The molecule has 3 rings (SSSR count). The van der Waals surface area contributed by atoms with Crippen molar-refractivity contribution in [1.29, 1.82) is 0 Å². The third kappa shape index (κ3) is 4.48. The highest BCUT2D eigenvalue weighted by atomic mass is 32.2. The van der Waals surface area contributed by atoms with Crippen molar-refractivity contribution < 1.29 is 9.21 Å². The van der Waals surface area contributed by atoms with Crippen LogP contribution in [0.5, 0.6) is 0 Å². The number of carbonyl (C=O) groups excluding carboxylic acids is 1. The van der Waals surface area contributed by atoms with Crippen molar-refractivity contribution in [2.24, 2.45) is 0 Å². The molecular weight excluding hydrogens is 364 g/mol. The molecule has 27 heavy (non-hydrogen) atoms. The van der Waals surface area contributed by atoms with Gasteiger partial charge in [0, 0.05) is 24.1 Å². The Hall–Kier alpha value is -2.81. The van der Waals surface area contributed by atoms with Gasteiger partial charge in [0.15, 0.2) is 0 Å². The molecule has 0 unspecified atom stereocenters. The molecule has 0 bridgehead atoms. The predicted octanol–water partition coefficient (Wildman–Crippen LogP) is 3.79. The van der Waals surface area contributed by atoms with Crippen LogP contribution in [0.15, 0.2) is 38.5 Å². The first kappa shape index (κ1) is 19.0. The molecule has 0 aliphatic heterocycles. The first-order chi connectivity index (χ1) is 13.0. The number of rotatable bonds is 6. The molecule has 0 saturated carbocycles. The van der Waals surface area contributed by atoms with Gasteiger partial charge in [-0.1, -0.05) is 30.8 Å². The molecule has 0 fully saturated rings. The topological polar surface area (TPSA) is 99.9 Å². The molecule has 2 amide bonds. The highest BCUT2D eigenvalue weighted by Crippen LogP contribution is 2.36. The molecule has 3 aromatic rings. The van der Waals surface area contributed by atoms with Crippen molar-refractivity contribution in [2.45, 2.75) is 43.5 Å². The van der Waals surface area contributed by atoms with Gasteiger partial charge in [0.05, 0.1) is 16.3 Å². The Kier molecular flexibility index (Phi) is 5.80. The van der Waals surface area contributed by atoms with E-state index in [9.17, 15) is 4.79 Å². The highest BCUT2D eigenvalue weighted by Gasteiger charge is 2.16. The molecule has 0 radical (unpaired) electrons. The van der Waals surface area contributed by atoms with Crippen LogP contribution in [0.2, 0.25) is 0 Å². The van der Waals surface area contributed by atoms with Crippen LogP contribution in [0.4, 0.5) is 10.5 Å². The molecule has 0 atom stereocenters. The summed E-state index contributed by atoms with van der Waals surface area (Å²) >= 11 is 1.57. The quantitative estimate of drug-likeness (QED) is 0.669. The Morgan fingerprint density at radius 3 is 2.67 bits per heavy atom. The Balaban J connectivity index is 1.70. The predicted molar refractivity (Wildman–Crippen MR) is 103 cm³/mol. The molecule has 0 aliphatic rings. The minimum Gasteiger partial charge on any atom is -0.423 e. The standard InChI is InChI=1S/C18H22N6O2S/c1-5-15-22-23-16(26-15)10-24(4)18(25)19-13-8-6-7-9-14(13)27-17-11(2)20-21-12(17)3/h6-9H,5,10H2,1-4H3,(H,19,25)(H,20,21). The highest BCUT2D eigenvalue weighted by molar-refractivity contribution is 7.99. The molecule has 8 nitrogen and oxygen atoms in total. The van der Waals surface area contributed by atoms with E-state index in [1.54, 1.807) is 18.8 Å². The van der Waals surface area contributed by atoms with E-state index in [1.165, 1.54) is 4.90 Å². The molecule has 2 aromatic heterocycles. The van der Waals surface area contributed by atoms with E-state index < -0.39 is 0 Å². The molecule has 0 spiro atoms. The number of carbonyl (C=O) groups is 1. The van der Waals surface area contributed by atoms with Crippen molar-refractivity contribution in [3.63, 3.8) is 0 Å². The van der Waals surface area contributed by atoms with Gasteiger partial charge in [0.2, 0.25) is 11.8 Å². The molecule has 9 heteroatoms. The van der Waals surface area contributed by atoms with Gasteiger partial charge in [0.25, 0.3) is 0 Å². The molecule has 142 valence electrons. The van der Waals surface area contributed by atoms with Crippen molar-refractivity contribution in [3.8, 4) is 0 Å². The van der Waals surface area contributed by atoms with E-state index in [1.807, 2.05) is 45.0 Å². The van der Waals surface area contributed by atoms with Crippen LogP contribution in [0.25, 0.3) is 0 Å². The fraction of sp³-hybridized carbons (Fsp3) is 0.333. The first-order valence-corrected chi connectivity index (χ1v) is 9.41. The van der Waals surface area contributed by atoms with Crippen molar-refractivity contribution in [3.05, 3.63) is 47.4 Å². The fourth-order valence-corrected chi connectivity index (χ4v) is 3.43. The van der Waals surface area contributed by atoms with Gasteiger partial charge in [-0.15, -0.1) is 10.2 Å². The Bertz CT molecular complexity index is 916.